The lowest BCUT2D eigenvalue weighted by atomic mass is 10.2. The quantitative estimate of drug-likeness (QED) is 0.399. The standard InChI is InChI=1S/C7H5N5O2S/c8-12-9-4-5-2-1-3-6-7(5)11-15(13,14)10-6/h1-3H,4H2. The van der Waals surface area contributed by atoms with Crippen LogP contribution >= 0.6 is 0 Å². The van der Waals surface area contributed by atoms with Gasteiger partial charge >= 0.3 is 10.2 Å². The van der Waals surface area contributed by atoms with Gasteiger partial charge in [0.1, 0.15) is 10.7 Å². The Bertz CT molecular complexity index is 672. The van der Waals surface area contributed by atoms with E-state index in [1.165, 1.54) is 0 Å². The molecule has 1 aliphatic rings. The first-order chi connectivity index (χ1) is 7.12. The third-order valence-corrected chi connectivity index (χ3v) is 2.66. The van der Waals surface area contributed by atoms with E-state index in [0.717, 1.165) is 0 Å². The molecule has 0 unspecified atom stereocenters. The van der Waals surface area contributed by atoms with Gasteiger partial charge in [0.25, 0.3) is 0 Å². The number of rotatable bonds is 2. The van der Waals surface area contributed by atoms with Crippen molar-refractivity contribution in [3.05, 3.63) is 44.9 Å². The molecule has 76 valence electrons. The lowest BCUT2D eigenvalue weighted by molar-refractivity contribution is 0.599. The Kier molecular flexibility index (Phi) is 2.14. The van der Waals surface area contributed by atoms with Gasteiger partial charge in [0.15, 0.2) is 0 Å². The molecule has 0 N–H and O–H groups in total. The van der Waals surface area contributed by atoms with Crippen LogP contribution in [0.3, 0.4) is 0 Å². The van der Waals surface area contributed by atoms with Crippen molar-refractivity contribution in [3.8, 4) is 0 Å². The Morgan fingerprint density at radius 2 is 2.20 bits per heavy atom. The molecule has 8 heteroatoms. The Labute approximate surface area is 84.6 Å². The molecule has 2 rings (SSSR count). The highest BCUT2D eigenvalue weighted by molar-refractivity contribution is 7.88. The summed E-state index contributed by atoms with van der Waals surface area (Å²) in [6, 6.07) is 4.83. The fourth-order valence-electron chi connectivity index (χ4n) is 1.25. The van der Waals surface area contributed by atoms with Gasteiger partial charge in [0.2, 0.25) is 0 Å². The highest BCUT2D eigenvalue weighted by Gasteiger charge is 2.13. The average Bonchev–Trinajstić information content (AvgIpc) is 2.49. The Morgan fingerprint density at radius 3 is 2.93 bits per heavy atom. The van der Waals surface area contributed by atoms with Crippen LogP contribution in [0.25, 0.3) is 10.4 Å². The van der Waals surface area contributed by atoms with Gasteiger partial charge in [-0.2, -0.15) is 8.42 Å². The Morgan fingerprint density at radius 1 is 1.40 bits per heavy atom. The molecule has 0 radical (unpaired) electrons. The second-order valence-corrected chi connectivity index (χ2v) is 4.07. The predicted molar refractivity (Wildman–Crippen MR) is 50.5 cm³/mol. The van der Waals surface area contributed by atoms with E-state index in [1.54, 1.807) is 18.2 Å². The van der Waals surface area contributed by atoms with E-state index in [1.807, 2.05) is 0 Å². The fourth-order valence-corrected chi connectivity index (χ4v) is 2.13. The molecule has 0 fully saturated rings. The van der Waals surface area contributed by atoms with Crippen molar-refractivity contribution in [2.75, 3.05) is 0 Å². The second kappa shape index (κ2) is 3.34. The number of hydrogen-bond acceptors (Lipinski definition) is 3. The molecule has 7 nitrogen and oxygen atoms in total. The zero-order valence-electron chi connectivity index (χ0n) is 7.40. The molecule has 0 spiro atoms. The number of azide groups is 1. The van der Waals surface area contributed by atoms with Gasteiger partial charge in [-0.1, -0.05) is 17.2 Å². The Hall–Kier alpha value is -1.92. The largest absolute Gasteiger partial charge is 0.364 e. The maximum absolute atomic E-state index is 11.1. The van der Waals surface area contributed by atoms with Crippen LogP contribution in [0.4, 0.5) is 0 Å². The van der Waals surface area contributed by atoms with Gasteiger partial charge in [0.05, 0.1) is 6.54 Å². The van der Waals surface area contributed by atoms with Gasteiger partial charge in [-0.3, -0.25) is 0 Å². The smallest absolute Gasteiger partial charge is 0.179 e. The van der Waals surface area contributed by atoms with Crippen molar-refractivity contribution in [1.82, 2.24) is 0 Å². The normalized spacial score (nSPS) is 15.7. The van der Waals surface area contributed by atoms with E-state index in [0.29, 0.717) is 10.9 Å². The lowest BCUT2D eigenvalue weighted by Gasteiger charge is -1.91. The summed E-state index contributed by atoms with van der Waals surface area (Å²) in [6.07, 6.45) is 0. The number of nitrogens with zero attached hydrogens (tertiary/aromatic N) is 5. The first-order valence-electron chi connectivity index (χ1n) is 3.96. The van der Waals surface area contributed by atoms with Crippen molar-refractivity contribution in [1.29, 1.82) is 0 Å². The van der Waals surface area contributed by atoms with Gasteiger partial charge in [-0.05, 0) is 17.2 Å². The van der Waals surface area contributed by atoms with Crippen molar-refractivity contribution >= 4 is 10.2 Å². The van der Waals surface area contributed by atoms with E-state index in [9.17, 15) is 8.42 Å². The lowest BCUT2D eigenvalue weighted by Crippen LogP contribution is -2.25. The number of benzene rings is 1. The summed E-state index contributed by atoms with van der Waals surface area (Å²) in [5.41, 5.74) is 8.72. The third-order valence-electron chi connectivity index (χ3n) is 1.82. The van der Waals surface area contributed by atoms with E-state index < -0.39 is 10.2 Å². The first kappa shape index (κ1) is 9.63. The summed E-state index contributed by atoms with van der Waals surface area (Å²) in [5.74, 6) is 0. The van der Waals surface area contributed by atoms with Crippen LogP contribution in [0.5, 0.6) is 0 Å². The summed E-state index contributed by atoms with van der Waals surface area (Å²) in [5, 5.41) is 3.91. The number of hydrogen-bond donors (Lipinski definition) is 0. The van der Waals surface area contributed by atoms with Crippen molar-refractivity contribution < 1.29 is 8.42 Å². The molecule has 1 aromatic carbocycles. The monoisotopic (exact) mass is 223 g/mol. The molecule has 0 bridgehead atoms. The summed E-state index contributed by atoms with van der Waals surface area (Å²) in [6.45, 7) is 0.0637. The molecule has 0 atom stereocenters. The molecule has 1 aliphatic heterocycles. The van der Waals surface area contributed by atoms with Crippen LogP contribution in [-0.2, 0) is 16.8 Å². The van der Waals surface area contributed by atoms with Crippen molar-refractivity contribution in [2.24, 2.45) is 13.9 Å². The SMILES string of the molecule is [N-]=[N+]=NCc1cccc2c1=NS(=O)(=O)N=2. The zero-order valence-corrected chi connectivity index (χ0v) is 8.22. The second-order valence-electron chi connectivity index (χ2n) is 2.80. The Balaban J connectivity index is 2.71. The molecular formula is C7H5N5O2S. The number of fused-ring (bicyclic) bond motifs is 1. The first-order valence-corrected chi connectivity index (χ1v) is 5.36. The van der Waals surface area contributed by atoms with Crippen LogP contribution in [0.2, 0.25) is 0 Å². The van der Waals surface area contributed by atoms with Gasteiger partial charge < -0.3 is 0 Å². The van der Waals surface area contributed by atoms with Gasteiger partial charge in [-0.25, -0.2) is 0 Å². The van der Waals surface area contributed by atoms with Crippen LogP contribution in [0.1, 0.15) is 5.56 Å². The van der Waals surface area contributed by atoms with Crippen molar-refractivity contribution in [2.45, 2.75) is 6.54 Å². The maximum atomic E-state index is 11.1. The highest BCUT2D eigenvalue weighted by atomic mass is 32.2. The van der Waals surface area contributed by atoms with E-state index in [-0.39, 0.29) is 11.9 Å². The minimum absolute atomic E-state index is 0.0637. The van der Waals surface area contributed by atoms with Gasteiger partial charge in [-0.15, -0.1) is 8.80 Å². The minimum atomic E-state index is -3.74. The van der Waals surface area contributed by atoms with E-state index in [4.69, 9.17) is 5.53 Å². The molecule has 0 saturated carbocycles. The predicted octanol–water partition coefficient (Wildman–Crippen LogP) is -0.00550. The molecule has 15 heavy (non-hydrogen) atoms. The molecule has 0 aromatic heterocycles. The van der Waals surface area contributed by atoms with Crippen LogP contribution in [0, 0.1) is 0 Å². The summed E-state index contributed by atoms with van der Waals surface area (Å²) in [4.78, 5) is 2.60. The minimum Gasteiger partial charge on any atom is -0.179 e. The summed E-state index contributed by atoms with van der Waals surface area (Å²) < 4.78 is 29.0. The molecule has 1 heterocycles. The van der Waals surface area contributed by atoms with E-state index >= 15 is 0 Å². The third kappa shape index (κ3) is 1.80. The fraction of sp³-hybridized carbons (Fsp3) is 0.143. The topological polar surface area (TPSA) is 108 Å². The van der Waals surface area contributed by atoms with Crippen LogP contribution in [-0.4, -0.2) is 8.42 Å². The van der Waals surface area contributed by atoms with E-state index in [2.05, 4.69) is 18.8 Å². The zero-order chi connectivity index (χ0) is 10.9. The molecule has 1 aromatic rings. The molecule has 0 aliphatic carbocycles. The van der Waals surface area contributed by atoms with Crippen LogP contribution in [0.15, 0.2) is 32.1 Å². The summed E-state index contributed by atoms with van der Waals surface area (Å²) >= 11 is 0. The highest BCUT2D eigenvalue weighted by Crippen LogP contribution is 1.99. The van der Waals surface area contributed by atoms with Crippen molar-refractivity contribution in [3.63, 3.8) is 0 Å². The van der Waals surface area contributed by atoms with Crippen LogP contribution < -0.4 is 10.7 Å². The summed E-state index contributed by atoms with van der Waals surface area (Å²) in [7, 11) is -3.74. The van der Waals surface area contributed by atoms with Gasteiger partial charge in [0, 0.05) is 4.91 Å². The molecule has 0 saturated heterocycles. The molecule has 0 amide bonds. The average molecular weight is 223 g/mol. The maximum Gasteiger partial charge on any atom is 0.364 e. The molecular weight excluding hydrogens is 218 g/mol.